The molecule has 132 valence electrons. The minimum absolute atomic E-state index is 0.0955. The summed E-state index contributed by atoms with van der Waals surface area (Å²) in [5.74, 6) is 1.68. The van der Waals surface area contributed by atoms with Crippen LogP contribution in [0, 0.1) is 13.8 Å². The summed E-state index contributed by atoms with van der Waals surface area (Å²) < 4.78 is 0. The molecule has 1 N–H and O–H groups in total. The van der Waals surface area contributed by atoms with Crippen molar-refractivity contribution < 1.29 is 4.79 Å². The number of hydrogen-bond acceptors (Lipinski definition) is 5. The zero-order chi connectivity index (χ0) is 17.8. The van der Waals surface area contributed by atoms with E-state index < -0.39 is 0 Å². The van der Waals surface area contributed by atoms with Crippen molar-refractivity contribution in [2.75, 3.05) is 42.9 Å². The SMILES string of the molecule is CCNc1cc(C)nc(N2CCN(C(=O)c3ccc(C)cc3)CC2)n1. The molecule has 1 aromatic heterocycles. The second kappa shape index (κ2) is 7.51. The summed E-state index contributed by atoms with van der Waals surface area (Å²) in [7, 11) is 0. The van der Waals surface area contributed by atoms with Crippen LogP contribution in [0.4, 0.5) is 11.8 Å². The van der Waals surface area contributed by atoms with Gasteiger partial charge in [-0.2, -0.15) is 4.98 Å². The molecule has 0 radical (unpaired) electrons. The Labute approximate surface area is 148 Å². The normalized spacial score (nSPS) is 14.5. The average molecular weight is 339 g/mol. The maximum Gasteiger partial charge on any atom is 0.253 e. The van der Waals surface area contributed by atoms with E-state index >= 15 is 0 Å². The van der Waals surface area contributed by atoms with Gasteiger partial charge in [0, 0.05) is 50.0 Å². The summed E-state index contributed by atoms with van der Waals surface area (Å²) in [5.41, 5.74) is 2.86. The zero-order valence-corrected chi connectivity index (χ0v) is 15.1. The third kappa shape index (κ3) is 4.07. The van der Waals surface area contributed by atoms with Gasteiger partial charge in [0.25, 0.3) is 5.91 Å². The molecule has 1 saturated heterocycles. The molecule has 6 heteroatoms. The summed E-state index contributed by atoms with van der Waals surface area (Å²) in [6, 6.07) is 9.70. The zero-order valence-electron chi connectivity index (χ0n) is 15.1. The van der Waals surface area contributed by atoms with Crippen LogP contribution in [0.5, 0.6) is 0 Å². The van der Waals surface area contributed by atoms with E-state index in [1.807, 2.05) is 56.0 Å². The Morgan fingerprint density at radius 2 is 1.76 bits per heavy atom. The third-order valence-corrected chi connectivity index (χ3v) is 4.35. The maximum atomic E-state index is 12.6. The standard InChI is InChI=1S/C19H25N5O/c1-4-20-17-13-15(3)21-19(22-17)24-11-9-23(10-12-24)18(25)16-7-5-14(2)6-8-16/h5-8,13H,4,9-12H2,1-3H3,(H,20,21,22). The van der Waals surface area contributed by atoms with Crippen LogP contribution < -0.4 is 10.2 Å². The Morgan fingerprint density at radius 3 is 2.40 bits per heavy atom. The number of piperazine rings is 1. The number of amides is 1. The van der Waals surface area contributed by atoms with Crippen molar-refractivity contribution in [3.63, 3.8) is 0 Å². The first-order valence-electron chi connectivity index (χ1n) is 8.77. The fraction of sp³-hybridized carbons (Fsp3) is 0.421. The maximum absolute atomic E-state index is 12.6. The fourth-order valence-electron chi connectivity index (χ4n) is 2.95. The van der Waals surface area contributed by atoms with E-state index in [9.17, 15) is 4.79 Å². The van der Waals surface area contributed by atoms with Gasteiger partial charge in [-0.3, -0.25) is 4.79 Å². The highest BCUT2D eigenvalue weighted by molar-refractivity contribution is 5.94. The van der Waals surface area contributed by atoms with Gasteiger partial charge in [0.15, 0.2) is 0 Å². The summed E-state index contributed by atoms with van der Waals surface area (Å²) in [4.78, 5) is 25.8. The molecule has 3 rings (SSSR count). The lowest BCUT2D eigenvalue weighted by Gasteiger charge is -2.35. The van der Waals surface area contributed by atoms with Crippen LogP contribution in [0.2, 0.25) is 0 Å². The van der Waals surface area contributed by atoms with E-state index in [1.165, 1.54) is 0 Å². The Kier molecular flexibility index (Phi) is 5.16. The Hall–Kier alpha value is -2.63. The molecule has 1 fully saturated rings. The van der Waals surface area contributed by atoms with Crippen LogP contribution in [0.3, 0.4) is 0 Å². The molecule has 0 saturated carbocycles. The van der Waals surface area contributed by atoms with Gasteiger partial charge in [0.2, 0.25) is 5.95 Å². The molecule has 0 unspecified atom stereocenters. The highest BCUT2D eigenvalue weighted by Crippen LogP contribution is 2.17. The molecule has 0 aliphatic carbocycles. The van der Waals surface area contributed by atoms with E-state index in [0.717, 1.165) is 48.2 Å². The minimum atomic E-state index is 0.0955. The fourth-order valence-corrected chi connectivity index (χ4v) is 2.95. The smallest absolute Gasteiger partial charge is 0.253 e. The van der Waals surface area contributed by atoms with Crippen LogP contribution in [-0.4, -0.2) is 53.5 Å². The molecule has 0 bridgehead atoms. The minimum Gasteiger partial charge on any atom is -0.370 e. The lowest BCUT2D eigenvalue weighted by Crippen LogP contribution is -2.49. The monoisotopic (exact) mass is 339 g/mol. The van der Waals surface area contributed by atoms with Crippen LogP contribution >= 0.6 is 0 Å². The van der Waals surface area contributed by atoms with Crippen molar-refractivity contribution in [1.29, 1.82) is 0 Å². The number of benzene rings is 1. The van der Waals surface area contributed by atoms with Gasteiger partial charge >= 0.3 is 0 Å². The Bertz CT molecular complexity index is 736. The second-order valence-electron chi connectivity index (χ2n) is 6.37. The van der Waals surface area contributed by atoms with E-state index in [1.54, 1.807) is 0 Å². The molecule has 6 nitrogen and oxygen atoms in total. The predicted molar refractivity (Wildman–Crippen MR) is 100 cm³/mol. The number of carbonyl (C=O) groups excluding carboxylic acids is 1. The number of hydrogen-bond donors (Lipinski definition) is 1. The van der Waals surface area contributed by atoms with Crippen molar-refractivity contribution >= 4 is 17.7 Å². The number of aromatic nitrogens is 2. The van der Waals surface area contributed by atoms with Gasteiger partial charge in [0.1, 0.15) is 5.82 Å². The van der Waals surface area contributed by atoms with Crippen molar-refractivity contribution in [3.05, 3.63) is 47.2 Å². The van der Waals surface area contributed by atoms with Crippen molar-refractivity contribution in [3.8, 4) is 0 Å². The van der Waals surface area contributed by atoms with Gasteiger partial charge < -0.3 is 15.1 Å². The highest BCUT2D eigenvalue weighted by Gasteiger charge is 2.23. The van der Waals surface area contributed by atoms with E-state index in [2.05, 4.69) is 20.2 Å². The number of aryl methyl sites for hydroxylation is 2. The molecule has 0 atom stereocenters. The summed E-state index contributed by atoms with van der Waals surface area (Å²) >= 11 is 0. The third-order valence-electron chi connectivity index (χ3n) is 4.35. The second-order valence-corrected chi connectivity index (χ2v) is 6.37. The Morgan fingerprint density at radius 1 is 1.08 bits per heavy atom. The van der Waals surface area contributed by atoms with Crippen LogP contribution in [0.25, 0.3) is 0 Å². The summed E-state index contributed by atoms with van der Waals surface area (Å²) in [5, 5.41) is 3.24. The molecule has 1 aliphatic heterocycles. The van der Waals surface area contributed by atoms with Crippen LogP contribution in [-0.2, 0) is 0 Å². The Balaban J connectivity index is 1.65. The molecule has 1 amide bonds. The summed E-state index contributed by atoms with van der Waals surface area (Å²) in [6.45, 7) is 9.72. The van der Waals surface area contributed by atoms with E-state index in [4.69, 9.17) is 0 Å². The number of rotatable bonds is 4. The summed E-state index contributed by atoms with van der Waals surface area (Å²) in [6.07, 6.45) is 0. The van der Waals surface area contributed by atoms with E-state index in [0.29, 0.717) is 13.1 Å². The first kappa shape index (κ1) is 17.2. The highest BCUT2D eigenvalue weighted by atomic mass is 16.2. The van der Waals surface area contributed by atoms with Crippen molar-refractivity contribution in [1.82, 2.24) is 14.9 Å². The number of nitrogens with zero attached hydrogens (tertiary/aromatic N) is 4. The van der Waals surface area contributed by atoms with E-state index in [-0.39, 0.29) is 5.91 Å². The topological polar surface area (TPSA) is 61.4 Å². The predicted octanol–water partition coefficient (Wildman–Crippen LogP) is 2.49. The van der Waals surface area contributed by atoms with Gasteiger partial charge in [-0.1, -0.05) is 17.7 Å². The molecular formula is C19H25N5O. The van der Waals surface area contributed by atoms with Gasteiger partial charge in [-0.05, 0) is 32.9 Å². The molecule has 1 aromatic carbocycles. The first-order chi connectivity index (χ1) is 12.1. The van der Waals surface area contributed by atoms with Gasteiger partial charge in [0.05, 0.1) is 0 Å². The quantitative estimate of drug-likeness (QED) is 0.927. The largest absolute Gasteiger partial charge is 0.370 e. The molecule has 25 heavy (non-hydrogen) atoms. The molecule has 1 aliphatic rings. The van der Waals surface area contributed by atoms with Crippen LogP contribution in [0.15, 0.2) is 30.3 Å². The van der Waals surface area contributed by atoms with Gasteiger partial charge in [-0.25, -0.2) is 4.98 Å². The molecule has 2 heterocycles. The lowest BCUT2D eigenvalue weighted by molar-refractivity contribution is 0.0746. The van der Waals surface area contributed by atoms with Crippen molar-refractivity contribution in [2.24, 2.45) is 0 Å². The molecule has 2 aromatic rings. The molecular weight excluding hydrogens is 314 g/mol. The van der Waals surface area contributed by atoms with Crippen molar-refractivity contribution in [2.45, 2.75) is 20.8 Å². The van der Waals surface area contributed by atoms with Gasteiger partial charge in [-0.15, -0.1) is 0 Å². The lowest BCUT2D eigenvalue weighted by atomic mass is 10.1. The number of anilines is 2. The average Bonchev–Trinajstić information content (AvgIpc) is 2.62. The first-order valence-corrected chi connectivity index (χ1v) is 8.77. The number of carbonyl (C=O) groups is 1. The number of nitrogens with one attached hydrogen (secondary N) is 1. The molecule has 0 spiro atoms. The van der Waals surface area contributed by atoms with Crippen LogP contribution in [0.1, 0.15) is 28.5 Å².